The Labute approximate surface area is 173 Å². The van der Waals surface area contributed by atoms with Gasteiger partial charge in [0.1, 0.15) is 0 Å². The fraction of sp³-hybridized carbons (Fsp3) is 1.00. The highest BCUT2D eigenvalue weighted by Gasteiger charge is 2.37. The number of hydrogen-bond acceptors (Lipinski definition) is 5. The van der Waals surface area contributed by atoms with Gasteiger partial charge in [-0.1, -0.05) is 26.7 Å². The molecule has 0 aliphatic rings. The van der Waals surface area contributed by atoms with Gasteiger partial charge in [0, 0.05) is 12.2 Å². The van der Waals surface area contributed by atoms with Crippen molar-refractivity contribution in [1.29, 1.82) is 0 Å². The number of hydrogen-bond donors (Lipinski definition) is 1. The van der Waals surface area contributed by atoms with Crippen molar-refractivity contribution >= 4 is 19.5 Å². The molecule has 0 amide bonds. The lowest BCUT2D eigenvalue weighted by Gasteiger charge is -2.40. The molecule has 0 bridgehead atoms. The van der Waals surface area contributed by atoms with E-state index in [1.165, 1.54) is 0 Å². The summed E-state index contributed by atoms with van der Waals surface area (Å²) in [5, 5.41) is 0. The van der Waals surface area contributed by atoms with Gasteiger partial charge in [-0.15, -0.1) is 0 Å². The summed E-state index contributed by atoms with van der Waals surface area (Å²) in [5.41, 5.74) is 6.55. The van der Waals surface area contributed by atoms with E-state index in [0.29, 0.717) is 0 Å². The third kappa shape index (κ3) is 11.7. The topological polar surface area (TPSA) is 62.9 Å². The molecule has 164 valence electrons. The van der Waals surface area contributed by atoms with Gasteiger partial charge in [-0.3, -0.25) is 0 Å². The van der Waals surface area contributed by atoms with Crippen LogP contribution < -0.4 is 5.73 Å². The molecule has 7 heteroatoms. The molecule has 0 aromatic heterocycles. The van der Waals surface area contributed by atoms with E-state index in [2.05, 4.69) is 55.4 Å². The van der Waals surface area contributed by atoms with Crippen LogP contribution in [0.5, 0.6) is 0 Å². The zero-order valence-electron chi connectivity index (χ0n) is 19.4. The molecule has 0 fully saturated rings. The zero-order valence-corrected chi connectivity index (χ0v) is 22.2. The van der Waals surface area contributed by atoms with Gasteiger partial charge in [0.15, 0.2) is 19.5 Å². The van der Waals surface area contributed by atoms with Crippen molar-refractivity contribution in [3.05, 3.63) is 0 Å². The average Bonchev–Trinajstić information content (AvgIpc) is 2.57. The van der Waals surface area contributed by atoms with Crippen LogP contribution in [0.1, 0.15) is 88.0 Å². The Balaban J connectivity index is 4.83. The second kappa shape index (κ2) is 14.3. The first-order valence-electron chi connectivity index (χ1n) is 10.9. The van der Waals surface area contributed by atoms with Gasteiger partial charge >= 0.3 is 0 Å². The van der Waals surface area contributed by atoms with Crippen molar-refractivity contribution in [2.24, 2.45) is 5.73 Å². The van der Waals surface area contributed by atoms with E-state index >= 15 is 0 Å². The smallest absolute Gasteiger partial charge is 0.190 e. The minimum absolute atomic E-state index is 0.0951. The molecular formula is C20H47NO4Si2. The van der Waals surface area contributed by atoms with E-state index < -0.39 is 25.1 Å². The van der Waals surface area contributed by atoms with E-state index in [1.807, 2.05) is 6.92 Å². The van der Waals surface area contributed by atoms with Gasteiger partial charge in [-0.25, -0.2) is 0 Å². The van der Waals surface area contributed by atoms with E-state index in [1.54, 1.807) is 0 Å². The SMILES string of the molecule is CCCC(OC(C)C(C)(N)C(C)OC(CCC)[SiH2]OC(C)C)[SiH2]OC(C)C. The van der Waals surface area contributed by atoms with Crippen molar-refractivity contribution in [3.63, 3.8) is 0 Å². The van der Waals surface area contributed by atoms with Gasteiger partial charge in [0.2, 0.25) is 0 Å². The van der Waals surface area contributed by atoms with Crippen molar-refractivity contribution < 1.29 is 18.3 Å². The highest BCUT2D eigenvalue weighted by atomic mass is 28.2. The first-order chi connectivity index (χ1) is 12.5. The molecule has 0 aliphatic heterocycles. The Morgan fingerprint density at radius 3 is 1.33 bits per heavy atom. The van der Waals surface area contributed by atoms with Crippen LogP contribution in [0.15, 0.2) is 0 Å². The lowest BCUT2D eigenvalue weighted by Crippen LogP contribution is -2.58. The zero-order chi connectivity index (χ0) is 21.0. The maximum Gasteiger partial charge on any atom is 0.190 e. The monoisotopic (exact) mass is 421 g/mol. The van der Waals surface area contributed by atoms with Crippen molar-refractivity contribution in [2.75, 3.05) is 0 Å². The summed E-state index contributed by atoms with van der Waals surface area (Å²) in [4.78, 5) is 0. The first-order valence-corrected chi connectivity index (χ1v) is 13.7. The van der Waals surface area contributed by atoms with Crippen LogP contribution >= 0.6 is 0 Å². The van der Waals surface area contributed by atoms with Crippen molar-refractivity contribution in [3.8, 4) is 0 Å². The molecule has 5 nitrogen and oxygen atoms in total. The quantitative estimate of drug-likeness (QED) is 0.388. The molecule has 0 heterocycles. The second-order valence-electron chi connectivity index (χ2n) is 8.51. The largest absolute Gasteiger partial charge is 0.419 e. The highest BCUT2D eigenvalue weighted by Crippen LogP contribution is 2.22. The molecule has 27 heavy (non-hydrogen) atoms. The molecule has 0 saturated carbocycles. The Morgan fingerprint density at radius 2 is 1.07 bits per heavy atom. The van der Waals surface area contributed by atoms with Crippen LogP contribution in [0.25, 0.3) is 0 Å². The molecule has 4 atom stereocenters. The highest BCUT2D eigenvalue weighted by molar-refractivity contribution is 6.29. The van der Waals surface area contributed by atoms with E-state index in [0.717, 1.165) is 25.7 Å². The maximum atomic E-state index is 6.70. The summed E-state index contributed by atoms with van der Waals surface area (Å²) >= 11 is 0. The van der Waals surface area contributed by atoms with Crippen LogP contribution in [0.2, 0.25) is 0 Å². The molecule has 0 radical (unpaired) electrons. The molecule has 0 aromatic carbocycles. The van der Waals surface area contributed by atoms with Crippen molar-refractivity contribution in [2.45, 2.75) is 129 Å². The normalized spacial score (nSPS) is 20.0. The number of ether oxygens (including phenoxy) is 2. The standard InChI is InChI=1S/C20H47NO4Si2/c1-10-12-18(26-24-14(3)4)22-16(7)20(9,21)17(8)23-19(13-11-2)27-25-15(5)6/h14-19H,10-13,21,26-27H2,1-9H3. The molecule has 0 aliphatic carbocycles. The minimum Gasteiger partial charge on any atom is -0.419 e. The van der Waals surface area contributed by atoms with Crippen molar-refractivity contribution in [1.82, 2.24) is 0 Å². The van der Waals surface area contributed by atoms with Crippen LogP contribution in [-0.2, 0) is 18.3 Å². The average molecular weight is 422 g/mol. The summed E-state index contributed by atoms with van der Waals surface area (Å²) in [6.45, 7) is 18.9. The third-order valence-electron chi connectivity index (χ3n) is 5.00. The summed E-state index contributed by atoms with van der Waals surface area (Å²) in [6, 6.07) is 0. The Hall–Kier alpha value is 0.234. The van der Waals surface area contributed by atoms with Gasteiger partial charge < -0.3 is 24.1 Å². The van der Waals surface area contributed by atoms with Crippen LogP contribution in [0, 0.1) is 0 Å². The van der Waals surface area contributed by atoms with Gasteiger partial charge in [0.25, 0.3) is 0 Å². The predicted octanol–water partition coefficient (Wildman–Crippen LogP) is 2.78. The fourth-order valence-electron chi connectivity index (χ4n) is 2.83. The first kappa shape index (κ1) is 27.2. The summed E-state index contributed by atoms with van der Waals surface area (Å²) in [6.07, 6.45) is 4.59. The van der Waals surface area contributed by atoms with E-state index in [4.69, 9.17) is 24.1 Å². The van der Waals surface area contributed by atoms with Crippen LogP contribution in [0.3, 0.4) is 0 Å². The molecular weight excluding hydrogens is 374 g/mol. The summed E-state index contributed by atoms with van der Waals surface area (Å²) in [5.74, 6) is 0. The molecule has 0 saturated heterocycles. The Kier molecular flexibility index (Phi) is 14.4. The molecule has 2 N–H and O–H groups in total. The fourth-order valence-corrected chi connectivity index (χ4v) is 5.91. The lowest BCUT2D eigenvalue weighted by atomic mass is 9.91. The minimum atomic E-state index is -0.738. The summed E-state index contributed by atoms with van der Waals surface area (Å²) in [7, 11) is -1.48. The van der Waals surface area contributed by atoms with E-state index in [9.17, 15) is 0 Å². The number of nitrogens with two attached hydrogens (primary N) is 1. The van der Waals surface area contributed by atoms with Gasteiger partial charge in [0.05, 0.1) is 29.2 Å². The Morgan fingerprint density at radius 1 is 0.741 bits per heavy atom. The maximum absolute atomic E-state index is 6.70. The lowest BCUT2D eigenvalue weighted by molar-refractivity contribution is -0.0842. The number of rotatable bonds is 16. The van der Waals surface area contributed by atoms with Gasteiger partial charge in [-0.2, -0.15) is 0 Å². The Bertz CT molecular complexity index is 338. The molecule has 0 aromatic rings. The second-order valence-corrected chi connectivity index (χ2v) is 11.7. The third-order valence-corrected chi connectivity index (χ3v) is 8.66. The molecule has 0 spiro atoms. The molecule has 4 unspecified atom stereocenters. The summed E-state index contributed by atoms with van der Waals surface area (Å²) < 4.78 is 24.6. The van der Waals surface area contributed by atoms with E-state index in [-0.39, 0.29) is 35.9 Å². The van der Waals surface area contributed by atoms with Crippen LogP contribution in [-0.4, -0.2) is 60.9 Å². The predicted molar refractivity (Wildman–Crippen MR) is 121 cm³/mol. The van der Waals surface area contributed by atoms with Crippen LogP contribution in [0.4, 0.5) is 0 Å². The van der Waals surface area contributed by atoms with Gasteiger partial charge in [-0.05, 0) is 61.3 Å². The molecule has 0 rings (SSSR count).